The van der Waals surface area contributed by atoms with Gasteiger partial charge < -0.3 is 5.32 Å². The van der Waals surface area contributed by atoms with Crippen molar-refractivity contribution in [3.8, 4) is 5.69 Å². The van der Waals surface area contributed by atoms with Crippen molar-refractivity contribution in [3.63, 3.8) is 0 Å². The number of nitrogens with one attached hydrogen (secondary N) is 1. The highest BCUT2D eigenvalue weighted by atomic mass is 19.4. The van der Waals surface area contributed by atoms with Gasteiger partial charge in [0, 0.05) is 24.5 Å². The highest BCUT2D eigenvalue weighted by Crippen LogP contribution is 2.38. The molecule has 26 heavy (non-hydrogen) atoms. The molecular formula is C19H23F3N4. The van der Waals surface area contributed by atoms with Crippen molar-refractivity contribution in [1.29, 1.82) is 0 Å². The number of aromatic nitrogens is 2. The molecule has 0 aliphatic carbocycles. The highest BCUT2D eigenvalue weighted by Gasteiger charge is 2.41. The third-order valence-corrected chi connectivity index (χ3v) is 5.72. The Hall–Kier alpha value is -1.86. The van der Waals surface area contributed by atoms with Crippen LogP contribution in [0, 0.1) is 0 Å². The maximum Gasteiger partial charge on any atom is 0.416 e. The molecule has 0 unspecified atom stereocenters. The quantitative estimate of drug-likeness (QED) is 0.903. The fourth-order valence-corrected chi connectivity index (χ4v) is 4.40. The van der Waals surface area contributed by atoms with E-state index in [2.05, 4.69) is 15.3 Å². The number of benzene rings is 1. The summed E-state index contributed by atoms with van der Waals surface area (Å²) in [4.78, 5) is 2.40. The first kappa shape index (κ1) is 17.5. The summed E-state index contributed by atoms with van der Waals surface area (Å²) in [6.07, 6.45) is 3.27. The summed E-state index contributed by atoms with van der Waals surface area (Å²) in [6, 6.07) is 6.00. The zero-order chi connectivity index (χ0) is 18.2. The van der Waals surface area contributed by atoms with Gasteiger partial charge in [0.2, 0.25) is 0 Å². The Labute approximate surface area is 151 Å². The molecule has 7 heteroatoms. The maximum atomic E-state index is 13.4. The van der Waals surface area contributed by atoms with Gasteiger partial charge in [0.25, 0.3) is 0 Å². The zero-order valence-corrected chi connectivity index (χ0v) is 14.6. The number of rotatable bonds is 3. The van der Waals surface area contributed by atoms with Crippen LogP contribution in [0.25, 0.3) is 5.69 Å². The van der Waals surface area contributed by atoms with Crippen LogP contribution in [0.1, 0.15) is 36.8 Å². The van der Waals surface area contributed by atoms with E-state index < -0.39 is 11.7 Å². The molecule has 1 N–H and O–H groups in total. The lowest BCUT2D eigenvalue weighted by molar-refractivity contribution is -0.137. The van der Waals surface area contributed by atoms with Gasteiger partial charge in [-0.3, -0.25) is 4.90 Å². The Morgan fingerprint density at radius 1 is 1.12 bits per heavy atom. The number of nitrogens with zero attached hydrogens (tertiary/aromatic N) is 3. The lowest BCUT2D eigenvalue weighted by atomic mass is 9.85. The lowest BCUT2D eigenvalue weighted by Gasteiger charge is -2.42. The first-order chi connectivity index (χ1) is 12.5. The van der Waals surface area contributed by atoms with Crippen LogP contribution in [0.4, 0.5) is 13.2 Å². The third-order valence-electron chi connectivity index (χ3n) is 5.72. The normalized spacial score (nSPS) is 20.7. The Morgan fingerprint density at radius 2 is 1.92 bits per heavy atom. The van der Waals surface area contributed by atoms with Gasteiger partial charge >= 0.3 is 6.18 Å². The molecule has 2 fully saturated rings. The smallest absolute Gasteiger partial charge is 0.317 e. The van der Waals surface area contributed by atoms with Crippen molar-refractivity contribution < 1.29 is 13.2 Å². The van der Waals surface area contributed by atoms with Gasteiger partial charge in [0.05, 0.1) is 11.3 Å². The van der Waals surface area contributed by atoms with Crippen LogP contribution in [-0.2, 0) is 12.7 Å². The zero-order valence-electron chi connectivity index (χ0n) is 14.6. The second-order valence-corrected chi connectivity index (χ2v) is 7.34. The molecule has 2 aliphatic rings. The summed E-state index contributed by atoms with van der Waals surface area (Å²) in [5.74, 6) is 0. The van der Waals surface area contributed by atoms with E-state index in [-0.39, 0.29) is 5.54 Å². The van der Waals surface area contributed by atoms with Crippen LogP contribution in [0.5, 0.6) is 0 Å². The molecule has 3 heterocycles. The summed E-state index contributed by atoms with van der Waals surface area (Å²) in [5.41, 5.74) is 0.688. The molecule has 1 aromatic carbocycles. The monoisotopic (exact) mass is 364 g/mol. The van der Waals surface area contributed by atoms with Gasteiger partial charge in [0.15, 0.2) is 0 Å². The Morgan fingerprint density at radius 3 is 2.62 bits per heavy atom. The SMILES string of the molecule is FC(F)(F)c1cc(CN2CCCC23CCNCC3)cc(-n2cccn2)c1. The fraction of sp³-hybridized carbons (Fsp3) is 0.526. The van der Waals surface area contributed by atoms with Crippen LogP contribution in [0.2, 0.25) is 0 Å². The van der Waals surface area contributed by atoms with E-state index in [0.717, 1.165) is 45.3 Å². The van der Waals surface area contributed by atoms with Gasteiger partial charge in [-0.2, -0.15) is 18.3 Å². The molecule has 2 saturated heterocycles. The minimum atomic E-state index is -4.37. The van der Waals surface area contributed by atoms with Gasteiger partial charge in [-0.15, -0.1) is 0 Å². The first-order valence-electron chi connectivity index (χ1n) is 9.13. The number of hydrogen-bond donors (Lipinski definition) is 1. The number of likely N-dealkylation sites (tertiary alicyclic amines) is 1. The second-order valence-electron chi connectivity index (χ2n) is 7.34. The Kier molecular flexibility index (Phi) is 4.52. The molecular weight excluding hydrogens is 341 g/mol. The van der Waals surface area contributed by atoms with E-state index >= 15 is 0 Å². The average Bonchev–Trinajstić information content (AvgIpc) is 3.26. The minimum absolute atomic E-state index is 0.144. The highest BCUT2D eigenvalue weighted by molar-refractivity contribution is 5.41. The van der Waals surface area contributed by atoms with Crippen LogP contribution in [0.3, 0.4) is 0 Å². The van der Waals surface area contributed by atoms with E-state index in [0.29, 0.717) is 17.8 Å². The van der Waals surface area contributed by atoms with Gasteiger partial charge in [-0.25, -0.2) is 4.68 Å². The van der Waals surface area contributed by atoms with Crippen LogP contribution in [-0.4, -0.2) is 39.9 Å². The van der Waals surface area contributed by atoms with E-state index in [4.69, 9.17) is 0 Å². The van der Waals surface area contributed by atoms with Crippen molar-refractivity contribution >= 4 is 0 Å². The summed E-state index contributed by atoms with van der Waals surface area (Å²) in [5, 5.41) is 7.48. The van der Waals surface area contributed by atoms with Gasteiger partial charge in [-0.05, 0) is 75.1 Å². The minimum Gasteiger partial charge on any atom is -0.317 e. The number of hydrogen-bond acceptors (Lipinski definition) is 3. The van der Waals surface area contributed by atoms with Gasteiger partial charge in [-0.1, -0.05) is 0 Å². The van der Waals surface area contributed by atoms with E-state index in [1.807, 2.05) is 6.07 Å². The summed E-state index contributed by atoms with van der Waals surface area (Å²) in [6.45, 7) is 3.47. The lowest BCUT2D eigenvalue weighted by Crippen LogP contribution is -2.50. The van der Waals surface area contributed by atoms with E-state index in [1.54, 1.807) is 18.5 Å². The molecule has 0 amide bonds. The van der Waals surface area contributed by atoms with Crippen molar-refractivity contribution in [2.75, 3.05) is 19.6 Å². The molecule has 2 aliphatic heterocycles. The molecule has 0 atom stereocenters. The van der Waals surface area contributed by atoms with Gasteiger partial charge in [0.1, 0.15) is 0 Å². The Balaban J connectivity index is 1.66. The third kappa shape index (κ3) is 3.38. The topological polar surface area (TPSA) is 33.1 Å². The molecule has 4 nitrogen and oxygen atoms in total. The molecule has 1 aromatic heterocycles. The average molecular weight is 364 g/mol. The molecule has 0 bridgehead atoms. The molecule has 2 aromatic rings. The maximum absolute atomic E-state index is 13.4. The molecule has 0 radical (unpaired) electrons. The summed E-state index contributed by atoms with van der Waals surface area (Å²) < 4.78 is 41.7. The van der Waals surface area contributed by atoms with Crippen LogP contribution >= 0.6 is 0 Å². The Bertz CT molecular complexity index is 749. The predicted octanol–water partition coefficient (Wildman–Crippen LogP) is 3.61. The van der Waals surface area contributed by atoms with Crippen LogP contribution in [0.15, 0.2) is 36.7 Å². The molecule has 4 rings (SSSR count). The van der Waals surface area contributed by atoms with Crippen molar-refractivity contribution in [2.24, 2.45) is 0 Å². The summed E-state index contributed by atoms with van der Waals surface area (Å²) >= 11 is 0. The molecule has 1 spiro atoms. The summed E-state index contributed by atoms with van der Waals surface area (Å²) in [7, 11) is 0. The van der Waals surface area contributed by atoms with Crippen molar-refractivity contribution in [2.45, 2.75) is 43.9 Å². The fourth-order valence-electron chi connectivity index (χ4n) is 4.40. The van der Waals surface area contributed by atoms with E-state index in [9.17, 15) is 13.2 Å². The predicted molar refractivity (Wildman–Crippen MR) is 93.0 cm³/mol. The van der Waals surface area contributed by atoms with Crippen LogP contribution < -0.4 is 5.32 Å². The second kappa shape index (κ2) is 6.70. The number of alkyl halides is 3. The first-order valence-corrected chi connectivity index (χ1v) is 9.13. The largest absolute Gasteiger partial charge is 0.416 e. The number of halogens is 3. The molecule has 140 valence electrons. The van der Waals surface area contributed by atoms with Crippen molar-refractivity contribution in [3.05, 3.63) is 47.8 Å². The van der Waals surface area contributed by atoms with E-state index in [1.165, 1.54) is 16.8 Å². The number of piperidine rings is 1. The van der Waals surface area contributed by atoms with Crippen molar-refractivity contribution in [1.82, 2.24) is 20.0 Å². The molecule has 0 saturated carbocycles. The standard InChI is InChI=1S/C19H23F3N4/c20-19(21,22)16-11-15(12-17(13-16)26-10-2-6-24-26)14-25-9-1-3-18(25)4-7-23-8-5-18/h2,6,10-13,23H,1,3-5,7-9,14H2.